The van der Waals surface area contributed by atoms with E-state index in [4.69, 9.17) is 27.9 Å². The van der Waals surface area contributed by atoms with Crippen molar-refractivity contribution in [3.8, 4) is 0 Å². The molecule has 0 aliphatic heterocycles. The molecule has 21 heavy (non-hydrogen) atoms. The first-order valence-corrected chi connectivity index (χ1v) is 8.19. The Morgan fingerprint density at radius 3 is 2.57 bits per heavy atom. The summed E-state index contributed by atoms with van der Waals surface area (Å²) in [6.45, 7) is 0.405. The number of alkyl halides is 2. The van der Waals surface area contributed by atoms with Crippen molar-refractivity contribution in [1.29, 1.82) is 0 Å². The summed E-state index contributed by atoms with van der Waals surface area (Å²) in [5.74, 6) is 0. The summed E-state index contributed by atoms with van der Waals surface area (Å²) >= 11 is 16.5. The molecular weight excluding hydrogens is 371 g/mol. The topological polar surface area (TPSA) is 9.23 Å². The zero-order chi connectivity index (χ0) is 14.9. The lowest BCUT2D eigenvalue weighted by Crippen LogP contribution is -2.34. The maximum Gasteiger partial charge on any atom is 0.188 e. The molecule has 0 bridgehead atoms. The minimum absolute atomic E-state index is 0.405. The van der Waals surface area contributed by atoms with Crippen LogP contribution in [0, 0.1) is 0 Å². The summed E-state index contributed by atoms with van der Waals surface area (Å²) in [7, 11) is 0. The number of rotatable bonds is 3. The van der Waals surface area contributed by atoms with Crippen LogP contribution in [0.15, 0.2) is 59.1 Å². The van der Waals surface area contributed by atoms with E-state index in [1.54, 1.807) is 0 Å². The van der Waals surface area contributed by atoms with Gasteiger partial charge in [0.2, 0.25) is 0 Å². The molecule has 2 aromatic carbocycles. The number of ether oxygens (including phenoxy) is 1. The van der Waals surface area contributed by atoms with E-state index >= 15 is 0 Å². The summed E-state index contributed by atoms with van der Waals surface area (Å²) in [6.07, 6.45) is 3.86. The van der Waals surface area contributed by atoms with E-state index in [0.717, 1.165) is 21.2 Å². The molecular formula is C17H13BrCl2O. The van der Waals surface area contributed by atoms with Crippen LogP contribution >= 0.6 is 39.1 Å². The maximum atomic E-state index is 6.72. The number of benzene rings is 2. The van der Waals surface area contributed by atoms with Crippen LogP contribution in [-0.2, 0) is 16.4 Å². The first-order chi connectivity index (χ1) is 10.1. The van der Waals surface area contributed by atoms with E-state index in [9.17, 15) is 0 Å². The van der Waals surface area contributed by atoms with Gasteiger partial charge >= 0.3 is 0 Å². The van der Waals surface area contributed by atoms with Crippen molar-refractivity contribution in [2.24, 2.45) is 0 Å². The molecule has 3 rings (SSSR count). The van der Waals surface area contributed by atoms with Crippen LogP contribution in [0.25, 0.3) is 6.08 Å². The van der Waals surface area contributed by atoms with E-state index in [1.807, 2.05) is 60.7 Å². The van der Waals surface area contributed by atoms with Crippen molar-refractivity contribution < 1.29 is 4.74 Å². The highest BCUT2D eigenvalue weighted by Gasteiger charge is 2.41. The fourth-order valence-electron chi connectivity index (χ4n) is 2.34. The Morgan fingerprint density at radius 1 is 1.10 bits per heavy atom. The average molecular weight is 384 g/mol. The van der Waals surface area contributed by atoms with Gasteiger partial charge in [-0.2, -0.15) is 0 Å². The molecule has 0 spiro atoms. The van der Waals surface area contributed by atoms with Gasteiger partial charge in [0.05, 0.1) is 12.0 Å². The second-order valence-electron chi connectivity index (χ2n) is 4.91. The molecule has 1 aliphatic rings. The molecule has 0 saturated heterocycles. The van der Waals surface area contributed by atoms with Crippen molar-refractivity contribution >= 4 is 45.2 Å². The molecule has 0 N–H and O–H groups in total. The number of hydrogen-bond donors (Lipinski definition) is 0. The van der Waals surface area contributed by atoms with Crippen molar-refractivity contribution in [2.75, 3.05) is 0 Å². The number of fused-ring (bicyclic) bond motifs is 1. The second kappa shape index (κ2) is 6.13. The number of hydrogen-bond acceptors (Lipinski definition) is 1. The van der Waals surface area contributed by atoms with Gasteiger partial charge in [-0.25, -0.2) is 0 Å². The summed E-state index contributed by atoms with van der Waals surface area (Å²) in [4.78, 5) is 0. The van der Waals surface area contributed by atoms with Crippen LogP contribution in [0.5, 0.6) is 0 Å². The maximum absolute atomic E-state index is 6.72. The van der Waals surface area contributed by atoms with Crippen LogP contribution < -0.4 is 0 Å². The van der Waals surface area contributed by atoms with Crippen LogP contribution in [0.1, 0.15) is 16.7 Å². The lowest BCUT2D eigenvalue weighted by Gasteiger charge is -2.34. The fraction of sp³-hybridized carbons (Fsp3) is 0.176. The van der Waals surface area contributed by atoms with Crippen LogP contribution in [-0.4, -0.2) is 5.38 Å². The average Bonchev–Trinajstić information content (AvgIpc) is 2.51. The first kappa shape index (κ1) is 15.1. The Bertz CT molecular complexity index is 669. The zero-order valence-electron chi connectivity index (χ0n) is 11.1. The van der Waals surface area contributed by atoms with Gasteiger partial charge in [-0.15, -0.1) is 11.6 Å². The second-order valence-corrected chi connectivity index (χ2v) is 6.86. The molecule has 0 amide bonds. The lowest BCUT2D eigenvalue weighted by molar-refractivity contribution is 0.00721. The molecule has 0 fully saturated rings. The van der Waals surface area contributed by atoms with Gasteiger partial charge in [0.15, 0.2) is 5.06 Å². The van der Waals surface area contributed by atoms with Gasteiger partial charge in [0.1, 0.15) is 0 Å². The zero-order valence-corrected chi connectivity index (χ0v) is 14.2. The standard InChI is InChI=1S/C17H13BrCl2O/c18-14-8-5-12(6-9-14)11-21-17(20)15-4-2-1-3-13(15)7-10-16(17)19/h1-10,16H,11H2. The Morgan fingerprint density at radius 2 is 1.81 bits per heavy atom. The first-order valence-electron chi connectivity index (χ1n) is 6.59. The third-order valence-corrected chi connectivity index (χ3v) is 5.13. The predicted octanol–water partition coefficient (Wildman–Crippen LogP) is 5.69. The minimum Gasteiger partial charge on any atom is -0.349 e. The van der Waals surface area contributed by atoms with E-state index in [2.05, 4.69) is 15.9 Å². The molecule has 108 valence electrons. The quantitative estimate of drug-likeness (QED) is 0.618. The normalized spacial score (nSPS) is 23.9. The van der Waals surface area contributed by atoms with Gasteiger partial charge < -0.3 is 4.74 Å². The minimum atomic E-state index is -1.04. The molecule has 0 aromatic heterocycles. The highest BCUT2D eigenvalue weighted by molar-refractivity contribution is 9.10. The molecule has 0 radical (unpaired) electrons. The van der Waals surface area contributed by atoms with Crippen molar-refractivity contribution in [3.63, 3.8) is 0 Å². The Hall–Kier alpha value is -0.800. The highest BCUT2D eigenvalue weighted by atomic mass is 79.9. The van der Waals surface area contributed by atoms with Gasteiger partial charge in [-0.1, -0.05) is 76.1 Å². The molecule has 4 heteroatoms. The molecule has 0 heterocycles. The summed E-state index contributed by atoms with van der Waals surface area (Å²) in [5, 5.41) is -1.45. The van der Waals surface area contributed by atoms with Crippen molar-refractivity contribution in [1.82, 2.24) is 0 Å². The summed E-state index contributed by atoms with van der Waals surface area (Å²) in [5.41, 5.74) is 3.00. The monoisotopic (exact) mass is 382 g/mol. The predicted molar refractivity (Wildman–Crippen MR) is 91.6 cm³/mol. The van der Waals surface area contributed by atoms with E-state index in [0.29, 0.717) is 6.61 Å². The van der Waals surface area contributed by atoms with Crippen LogP contribution in [0.3, 0.4) is 0 Å². The third kappa shape index (κ3) is 3.04. The van der Waals surface area contributed by atoms with Crippen molar-refractivity contribution in [2.45, 2.75) is 17.0 Å². The Balaban J connectivity index is 1.85. The Kier molecular flexibility index (Phi) is 4.41. The summed E-state index contributed by atoms with van der Waals surface area (Å²) < 4.78 is 7.04. The third-order valence-electron chi connectivity index (χ3n) is 3.49. The van der Waals surface area contributed by atoms with Gasteiger partial charge in [0, 0.05) is 10.0 Å². The molecule has 1 aliphatic carbocycles. The highest BCUT2D eigenvalue weighted by Crippen LogP contribution is 2.43. The largest absolute Gasteiger partial charge is 0.349 e. The smallest absolute Gasteiger partial charge is 0.188 e. The molecule has 1 nitrogen and oxygen atoms in total. The molecule has 2 aromatic rings. The van der Waals surface area contributed by atoms with Crippen LogP contribution in [0.2, 0.25) is 0 Å². The van der Waals surface area contributed by atoms with Gasteiger partial charge in [-0.3, -0.25) is 0 Å². The molecule has 2 unspecified atom stereocenters. The lowest BCUT2D eigenvalue weighted by atomic mass is 9.94. The molecule has 2 atom stereocenters. The van der Waals surface area contributed by atoms with E-state index in [1.165, 1.54) is 0 Å². The van der Waals surface area contributed by atoms with Crippen molar-refractivity contribution in [3.05, 3.63) is 75.8 Å². The number of halogens is 3. The van der Waals surface area contributed by atoms with E-state index in [-0.39, 0.29) is 0 Å². The molecule has 0 saturated carbocycles. The SMILES string of the molecule is ClC1C=Cc2ccccc2C1(Cl)OCc1ccc(Br)cc1. The summed E-state index contributed by atoms with van der Waals surface area (Å²) in [6, 6.07) is 15.8. The van der Waals surface area contributed by atoms with E-state index < -0.39 is 10.4 Å². The van der Waals surface area contributed by atoms with Crippen LogP contribution in [0.4, 0.5) is 0 Å². The van der Waals surface area contributed by atoms with Gasteiger partial charge in [-0.05, 0) is 23.3 Å². The fourth-order valence-corrected chi connectivity index (χ4v) is 3.16. The Labute approximate surface area is 142 Å². The van der Waals surface area contributed by atoms with Gasteiger partial charge in [0.25, 0.3) is 0 Å².